The van der Waals surface area contributed by atoms with Crippen LogP contribution in [0.4, 0.5) is 0 Å². The fourth-order valence-corrected chi connectivity index (χ4v) is 3.54. The van der Waals surface area contributed by atoms with E-state index < -0.39 is 0 Å². The number of rotatable bonds is 6. The molecule has 1 saturated carbocycles. The van der Waals surface area contributed by atoms with Crippen LogP contribution in [-0.4, -0.2) is 46.9 Å². The molecule has 4 heteroatoms. The summed E-state index contributed by atoms with van der Waals surface area (Å²) in [4.78, 5) is 2.44. The summed E-state index contributed by atoms with van der Waals surface area (Å²) in [5, 5.41) is 8.32. The lowest BCUT2D eigenvalue weighted by Gasteiger charge is -2.44. The highest BCUT2D eigenvalue weighted by atomic mass is 15.3. The lowest BCUT2D eigenvalue weighted by Crippen LogP contribution is -2.54. The second-order valence-electron chi connectivity index (χ2n) is 7.07. The second-order valence-corrected chi connectivity index (χ2v) is 7.07. The molecule has 1 heterocycles. The zero-order chi connectivity index (χ0) is 15.5. The van der Waals surface area contributed by atoms with E-state index in [1.807, 2.05) is 0 Å². The van der Waals surface area contributed by atoms with Crippen LogP contribution in [-0.2, 0) is 6.54 Å². The van der Waals surface area contributed by atoms with Gasteiger partial charge in [0.05, 0.1) is 12.2 Å². The Labute approximate surface area is 129 Å². The van der Waals surface area contributed by atoms with Gasteiger partial charge in [-0.1, -0.05) is 19.3 Å². The van der Waals surface area contributed by atoms with Crippen LogP contribution in [0.15, 0.2) is 6.07 Å². The summed E-state index contributed by atoms with van der Waals surface area (Å²) in [6.45, 7) is 8.49. The lowest BCUT2D eigenvalue weighted by atomic mass is 9.80. The molecule has 1 unspecified atom stereocenters. The Hall–Kier alpha value is -0.870. The van der Waals surface area contributed by atoms with Crippen LogP contribution in [0, 0.1) is 13.8 Å². The molecule has 1 N–H and O–H groups in total. The monoisotopic (exact) mass is 292 g/mol. The topological polar surface area (TPSA) is 33.1 Å². The third-order valence-corrected chi connectivity index (χ3v) is 5.06. The van der Waals surface area contributed by atoms with E-state index in [-0.39, 0.29) is 0 Å². The molecule has 0 aliphatic heterocycles. The zero-order valence-corrected chi connectivity index (χ0v) is 14.4. The van der Waals surface area contributed by atoms with Crippen molar-refractivity contribution in [2.75, 3.05) is 20.6 Å². The minimum absolute atomic E-state index is 0.349. The van der Waals surface area contributed by atoms with Gasteiger partial charge in [0.2, 0.25) is 0 Å². The summed E-state index contributed by atoms with van der Waals surface area (Å²) < 4.78 is 2.12. The number of aromatic nitrogens is 2. The van der Waals surface area contributed by atoms with E-state index in [1.165, 1.54) is 37.8 Å². The number of nitrogens with zero attached hydrogens (tertiary/aromatic N) is 3. The van der Waals surface area contributed by atoms with Gasteiger partial charge in [0.25, 0.3) is 0 Å². The Morgan fingerprint density at radius 3 is 2.48 bits per heavy atom. The zero-order valence-electron chi connectivity index (χ0n) is 14.4. The van der Waals surface area contributed by atoms with E-state index in [2.05, 4.69) is 60.9 Å². The molecule has 1 atom stereocenters. The minimum atomic E-state index is 0.349. The molecule has 0 bridgehead atoms. The first-order chi connectivity index (χ1) is 9.93. The molecule has 0 aromatic carbocycles. The highest BCUT2D eigenvalue weighted by Gasteiger charge is 2.34. The molecule has 21 heavy (non-hydrogen) atoms. The van der Waals surface area contributed by atoms with Crippen LogP contribution in [0.2, 0.25) is 0 Å². The van der Waals surface area contributed by atoms with Crippen molar-refractivity contribution in [1.29, 1.82) is 0 Å². The average Bonchev–Trinajstić information content (AvgIpc) is 2.75. The number of hydrogen-bond donors (Lipinski definition) is 1. The third kappa shape index (κ3) is 4.07. The summed E-state index contributed by atoms with van der Waals surface area (Å²) in [6, 6.07) is 2.59. The van der Waals surface area contributed by atoms with Crippen molar-refractivity contribution in [3.05, 3.63) is 17.5 Å². The van der Waals surface area contributed by atoms with Gasteiger partial charge in [-0.3, -0.25) is 4.68 Å². The van der Waals surface area contributed by atoms with Crippen LogP contribution in [0.25, 0.3) is 0 Å². The molecule has 1 fully saturated rings. The molecule has 0 radical (unpaired) electrons. The van der Waals surface area contributed by atoms with Gasteiger partial charge in [0, 0.05) is 23.8 Å². The van der Waals surface area contributed by atoms with E-state index >= 15 is 0 Å². The molecule has 1 aromatic rings. The van der Waals surface area contributed by atoms with Gasteiger partial charge in [0.1, 0.15) is 0 Å². The van der Waals surface area contributed by atoms with Crippen LogP contribution >= 0.6 is 0 Å². The van der Waals surface area contributed by atoms with Crippen LogP contribution in [0.1, 0.15) is 50.4 Å². The fourth-order valence-electron chi connectivity index (χ4n) is 3.54. The van der Waals surface area contributed by atoms with Crippen molar-refractivity contribution in [2.45, 2.75) is 71.0 Å². The molecule has 2 rings (SSSR count). The Morgan fingerprint density at radius 2 is 1.95 bits per heavy atom. The number of likely N-dealkylation sites (N-methyl/N-ethyl adjacent to an activating group) is 1. The van der Waals surface area contributed by atoms with Crippen LogP contribution in [0.3, 0.4) is 0 Å². The summed E-state index contributed by atoms with van der Waals surface area (Å²) in [5.74, 6) is 0. The lowest BCUT2D eigenvalue weighted by molar-refractivity contribution is 0.0949. The molecule has 1 aliphatic rings. The first-order valence-electron chi connectivity index (χ1n) is 8.35. The second kappa shape index (κ2) is 6.93. The fraction of sp³-hybridized carbons (Fsp3) is 0.824. The van der Waals surface area contributed by atoms with Crippen molar-refractivity contribution in [2.24, 2.45) is 0 Å². The Balaban J connectivity index is 1.90. The predicted octanol–water partition coefficient (Wildman–Crippen LogP) is 2.74. The summed E-state index contributed by atoms with van der Waals surface area (Å²) in [6.07, 6.45) is 6.77. The molecule has 0 spiro atoms. The van der Waals surface area contributed by atoms with Crippen molar-refractivity contribution in [3.63, 3.8) is 0 Å². The Kier molecular flexibility index (Phi) is 5.44. The molecular weight excluding hydrogens is 260 g/mol. The standard InChI is InChI=1S/C17H32N4/c1-14-11-16(3)21(19-14)12-15(2)18-13-17(20(4)5)9-7-6-8-10-17/h11,15,18H,6-10,12-13H2,1-5H3. The summed E-state index contributed by atoms with van der Waals surface area (Å²) >= 11 is 0. The Bertz CT molecular complexity index is 444. The normalized spacial score (nSPS) is 19.9. The van der Waals surface area contributed by atoms with Gasteiger partial charge in [-0.25, -0.2) is 0 Å². The first-order valence-corrected chi connectivity index (χ1v) is 8.35. The maximum absolute atomic E-state index is 4.56. The number of aryl methyl sites for hydroxylation is 2. The summed E-state index contributed by atoms with van der Waals surface area (Å²) in [7, 11) is 4.47. The van der Waals surface area contributed by atoms with Gasteiger partial charge >= 0.3 is 0 Å². The van der Waals surface area contributed by atoms with Crippen LogP contribution < -0.4 is 5.32 Å². The minimum Gasteiger partial charge on any atom is -0.311 e. The van der Waals surface area contributed by atoms with E-state index in [9.17, 15) is 0 Å². The molecular formula is C17H32N4. The largest absolute Gasteiger partial charge is 0.311 e. The van der Waals surface area contributed by atoms with Crippen LogP contribution in [0.5, 0.6) is 0 Å². The van der Waals surface area contributed by atoms with E-state index in [0.29, 0.717) is 11.6 Å². The smallest absolute Gasteiger partial charge is 0.0596 e. The van der Waals surface area contributed by atoms with Crippen molar-refractivity contribution >= 4 is 0 Å². The van der Waals surface area contributed by atoms with Gasteiger partial charge in [-0.2, -0.15) is 5.10 Å². The van der Waals surface area contributed by atoms with Crippen molar-refractivity contribution in [1.82, 2.24) is 20.0 Å². The average molecular weight is 292 g/mol. The SMILES string of the molecule is Cc1cc(C)n(CC(C)NCC2(N(C)C)CCCCC2)n1. The van der Waals surface area contributed by atoms with Crippen molar-refractivity contribution in [3.8, 4) is 0 Å². The Morgan fingerprint density at radius 1 is 1.29 bits per heavy atom. The molecule has 0 saturated heterocycles. The van der Waals surface area contributed by atoms with Gasteiger partial charge in [0.15, 0.2) is 0 Å². The third-order valence-electron chi connectivity index (χ3n) is 5.06. The van der Waals surface area contributed by atoms with E-state index in [1.54, 1.807) is 0 Å². The maximum Gasteiger partial charge on any atom is 0.0596 e. The molecule has 4 nitrogen and oxygen atoms in total. The van der Waals surface area contributed by atoms with Gasteiger partial charge < -0.3 is 10.2 Å². The highest BCUT2D eigenvalue weighted by Crippen LogP contribution is 2.31. The molecule has 120 valence electrons. The number of hydrogen-bond acceptors (Lipinski definition) is 3. The first kappa shape index (κ1) is 16.5. The van der Waals surface area contributed by atoms with E-state index in [4.69, 9.17) is 0 Å². The quantitative estimate of drug-likeness (QED) is 0.875. The number of nitrogens with one attached hydrogen (secondary N) is 1. The molecule has 1 aromatic heterocycles. The molecule has 0 amide bonds. The molecule has 1 aliphatic carbocycles. The van der Waals surface area contributed by atoms with E-state index in [0.717, 1.165) is 18.8 Å². The maximum atomic E-state index is 4.56. The summed E-state index contributed by atoms with van der Waals surface area (Å²) in [5.41, 5.74) is 2.71. The predicted molar refractivity (Wildman–Crippen MR) is 88.7 cm³/mol. The van der Waals surface area contributed by atoms with Gasteiger partial charge in [-0.05, 0) is 53.8 Å². The van der Waals surface area contributed by atoms with Gasteiger partial charge in [-0.15, -0.1) is 0 Å². The highest BCUT2D eigenvalue weighted by molar-refractivity contribution is 5.06. The van der Waals surface area contributed by atoms with Crippen molar-refractivity contribution < 1.29 is 0 Å².